The van der Waals surface area contributed by atoms with Crippen molar-refractivity contribution in [3.05, 3.63) is 35.3 Å². The van der Waals surface area contributed by atoms with E-state index in [0.29, 0.717) is 25.3 Å². The standard InChI is InChI=1S/C15H16N2O3S2/c1-21-15-17-11(9-22-15)14(18)16-7-6-10-8-19-12-4-2-3-5-13(12)20-10/h2-5,9-10H,6-8H2,1H3,(H,16,18)/t10-/m1/s1. The van der Waals surface area contributed by atoms with Crippen LogP contribution in [0.5, 0.6) is 11.5 Å². The van der Waals surface area contributed by atoms with Gasteiger partial charge < -0.3 is 14.8 Å². The van der Waals surface area contributed by atoms with Gasteiger partial charge in [-0.2, -0.15) is 0 Å². The third-order valence-corrected chi connectivity index (χ3v) is 5.07. The highest BCUT2D eigenvalue weighted by molar-refractivity contribution is 8.00. The monoisotopic (exact) mass is 336 g/mol. The Kier molecular flexibility index (Phi) is 4.84. The van der Waals surface area contributed by atoms with Gasteiger partial charge in [0.2, 0.25) is 0 Å². The Morgan fingerprint density at radius 3 is 3.05 bits per heavy atom. The van der Waals surface area contributed by atoms with Crippen LogP contribution in [0.1, 0.15) is 16.9 Å². The fourth-order valence-corrected chi connectivity index (χ4v) is 3.34. The average Bonchev–Trinajstić information content (AvgIpc) is 3.04. The SMILES string of the molecule is CSc1nc(C(=O)NCC[C@@H]2COc3ccccc3O2)cs1. The van der Waals surface area contributed by atoms with Gasteiger partial charge in [0.25, 0.3) is 5.91 Å². The van der Waals surface area contributed by atoms with Gasteiger partial charge in [0.15, 0.2) is 11.5 Å². The van der Waals surface area contributed by atoms with Gasteiger partial charge in [0, 0.05) is 18.3 Å². The van der Waals surface area contributed by atoms with Crippen molar-refractivity contribution < 1.29 is 14.3 Å². The molecule has 1 aliphatic heterocycles. The van der Waals surface area contributed by atoms with Crippen molar-refractivity contribution in [1.29, 1.82) is 0 Å². The normalized spacial score (nSPS) is 16.3. The van der Waals surface area contributed by atoms with Crippen molar-refractivity contribution in [3.63, 3.8) is 0 Å². The predicted molar refractivity (Wildman–Crippen MR) is 87.2 cm³/mol. The zero-order valence-electron chi connectivity index (χ0n) is 12.1. The van der Waals surface area contributed by atoms with Crippen LogP contribution in [0.2, 0.25) is 0 Å². The number of thiazole rings is 1. The fourth-order valence-electron chi connectivity index (χ4n) is 2.10. The number of amides is 1. The molecule has 3 rings (SSSR count). The lowest BCUT2D eigenvalue weighted by Crippen LogP contribution is -2.34. The van der Waals surface area contributed by atoms with E-state index < -0.39 is 0 Å². The van der Waals surface area contributed by atoms with Crippen LogP contribution in [0.4, 0.5) is 0 Å². The smallest absolute Gasteiger partial charge is 0.270 e. The van der Waals surface area contributed by atoms with E-state index >= 15 is 0 Å². The lowest BCUT2D eigenvalue weighted by atomic mass is 10.2. The number of rotatable bonds is 5. The predicted octanol–water partition coefficient (Wildman–Crippen LogP) is 2.82. The number of para-hydroxylation sites is 2. The largest absolute Gasteiger partial charge is 0.486 e. The highest BCUT2D eigenvalue weighted by Crippen LogP contribution is 2.31. The van der Waals surface area contributed by atoms with Crippen molar-refractivity contribution in [2.75, 3.05) is 19.4 Å². The second kappa shape index (κ2) is 7.02. The van der Waals surface area contributed by atoms with Gasteiger partial charge >= 0.3 is 0 Å². The Bertz CT molecular complexity index is 660. The molecule has 1 amide bonds. The molecular formula is C15H16N2O3S2. The fraction of sp³-hybridized carbons (Fsp3) is 0.333. The molecule has 0 saturated heterocycles. The van der Waals surface area contributed by atoms with Crippen LogP contribution in [0.25, 0.3) is 0 Å². The molecule has 22 heavy (non-hydrogen) atoms. The summed E-state index contributed by atoms with van der Waals surface area (Å²) in [5.41, 5.74) is 0.473. The first-order valence-electron chi connectivity index (χ1n) is 6.92. The Labute approximate surface area is 137 Å². The maximum absolute atomic E-state index is 12.0. The van der Waals surface area contributed by atoms with Crippen LogP contribution in [0.3, 0.4) is 0 Å². The zero-order chi connectivity index (χ0) is 15.4. The van der Waals surface area contributed by atoms with Crippen molar-refractivity contribution in [1.82, 2.24) is 10.3 Å². The van der Waals surface area contributed by atoms with Gasteiger partial charge in [-0.1, -0.05) is 23.9 Å². The van der Waals surface area contributed by atoms with Crippen molar-refractivity contribution in [3.8, 4) is 11.5 Å². The quantitative estimate of drug-likeness (QED) is 0.851. The molecule has 0 radical (unpaired) electrons. The molecule has 1 aliphatic rings. The number of hydrogen-bond donors (Lipinski definition) is 1. The molecule has 0 unspecified atom stereocenters. The minimum Gasteiger partial charge on any atom is -0.486 e. The Hall–Kier alpha value is -1.73. The minimum atomic E-state index is -0.145. The molecule has 0 fully saturated rings. The first-order chi connectivity index (χ1) is 10.8. The summed E-state index contributed by atoms with van der Waals surface area (Å²) in [6.07, 6.45) is 2.59. The number of aromatic nitrogens is 1. The topological polar surface area (TPSA) is 60.5 Å². The molecule has 1 N–H and O–H groups in total. The number of benzene rings is 1. The molecule has 1 atom stereocenters. The van der Waals surface area contributed by atoms with Gasteiger partial charge in [-0.3, -0.25) is 4.79 Å². The number of carbonyl (C=O) groups excluding carboxylic acids is 1. The van der Waals surface area contributed by atoms with Crippen molar-refractivity contribution >= 4 is 29.0 Å². The van der Waals surface area contributed by atoms with E-state index in [-0.39, 0.29) is 12.0 Å². The van der Waals surface area contributed by atoms with Gasteiger partial charge in [0.1, 0.15) is 22.7 Å². The van der Waals surface area contributed by atoms with E-state index in [0.717, 1.165) is 15.8 Å². The Morgan fingerprint density at radius 2 is 2.27 bits per heavy atom. The van der Waals surface area contributed by atoms with Crippen molar-refractivity contribution in [2.24, 2.45) is 0 Å². The number of hydrogen-bond acceptors (Lipinski definition) is 6. The maximum Gasteiger partial charge on any atom is 0.270 e. The summed E-state index contributed by atoms with van der Waals surface area (Å²) in [6.45, 7) is 1.03. The van der Waals surface area contributed by atoms with E-state index in [1.807, 2.05) is 30.5 Å². The summed E-state index contributed by atoms with van der Waals surface area (Å²) < 4.78 is 12.4. The highest BCUT2D eigenvalue weighted by atomic mass is 32.2. The molecule has 0 aliphatic carbocycles. The van der Waals surface area contributed by atoms with Crippen LogP contribution in [0.15, 0.2) is 34.0 Å². The zero-order valence-corrected chi connectivity index (χ0v) is 13.7. The van der Waals surface area contributed by atoms with Crippen LogP contribution in [-0.4, -0.2) is 36.4 Å². The van der Waals surface area contributed by atoms with Gasteiger partial charge in [-0.05, 0) is 18.4 Å². The van der Waals surface area contributed by atoms with Crippen molar-refractivity contribution in [2.45, 2.75) is 16.9 Å². The average molecular weight is 336 g/mol. The maximum atomic E-state index is 12.0. The van der Waals surface area contributed by atoms with Crippen LogP contribution in [-0.2, 0) is 0 Å². The second-order valence-electron chi connectivity index (χ2n) is 4.74. The molecule has 5 nitrogen and oxygen atoms in total. The minimum absolute atomic E-state index is 0.0487. The van der Waals surface area contributed by atoms with E-state index in [2.05, 4.69) is 10.3 Å². The number of thioether (sulfide) groups is 1. The first-order valence-corrected chi connectivity index (χ1v) is 9.03. The number of ether oxygens (including phenoxy) is 2. The van der Waals surface area contributed by atoms with Gasteiger partial charge in [0.05, 0.1) is 0 Å². The first kappa shape index (κ1) is 15.2. The van der Waals surface area contributed by atoms with Crippen LogP contribution < -0.4 is 14.8 Å². The number of carbonyl (C=O) groups is 1. The van der Waals surface area contributed by atoms with E-state index in [1.54, 1.807) is 5.38 Å². The third-order valence-electron chi connectivity index (χ3n) is 3.21. The Morgan fingerprint density at radius 1 is 1.45 bits per heavy atom. The number of nitrogens with zero attached hydrogens (tertiary/aromatic N) is 1. The van der Waals surface area contributed by atoms with E-state index in [9.17, 15) is 4.79 Å². The molecule has 1 aromatic carbocycles. The van der Waals surface area contributed by atoms with Crippen LogP contribution >= 0.6 is 23.1 Å². The summed E-state index contributed by atoms with van der Waals surface area (Å²) >= 11 is 3.02. The van der Waals surface area contributed by atoms with E-state index in [1.165, 1.54) is 23.1 Å². The number of nitrogens with one attached hydrogen (secondary N) is 1. The summed E-state index contributed by atoms with van der Waals surface area (Å²) in [4.78, 5) is 16.2. The molecule has 0 bridgehead atoms. The summed E-state index contributed by atoms with van der Waals surface area (Å²) in [7, 11) is 0. The lowest BCUT2D eigenvalue weighted by molar-refractivity contribution is 0.0811. The van der Waals surface area contributed by atoms with E-state index in [4.69, 9.17) is 9.47 Å². The summed E-state index contributed by atoms with van der Waals surface area (Å²) in [6, 6.07) is 7.61. The molecule has 116 valence electrons. The molecule has 7 heteroatoms. The highest BCUT2D eigenvalue weighted by Gasteiger charge is 2.20. The van der Waals surface area contributed by atoms with Crippen LogP contribution in [0, 0.1) is 0 Å². The second-order valence-corrected chi connectivity index (χ2v) is 6.66. The Balaban J connectivity index is 1.47. The molecule has 2 heterocycles. The summed E-state index contributed by atoms with van der Waals surface area (Å²) in [5.74, 6) is 1.39. The lowest BCUT2D eigenvalue weighted by Gasteiger charge is -2.26. The van der Waals surface area contributed by atoms with Gasteiger partial charge in [-0.25, -0.2) is 4.98 Å². The molecule has 1 aromatic heterocycles. The molecular weight excluding hydrogens is 320 g/mol. The number of fused-ring (bicyclic) bond motifs is 1. The molecule has 0 spiro atoms. The third kappa shape index (κ3) is 3.53. The van der Waals surface area contributed by atoms with Gasteiger partial charge in [-0.15, -0.1) is 11.3 Å². The molecule has 0 saturated carbocycles. The molecule has 2 aromatic rings. The summed E-state index contributed by atoms with van der Waals surface area (Å²) in [5, 5.41) is 4.64.